The Bertz CT molecular complexity index is 741. The van der Waals surface area contributed by atoms with Crippen molar-refractivity contribution in [2.75, 3.05) is 26.4 Å². The standard InChI is InChI=1S/C19H21F3N2O4/c20-19(21,22)13-28-17-7-2-1-6-16(17)27-12-18(26)24-10-14(11-25)9-15-5-3-4-8-23-15/h1-8,14,25H,9-13H2,(H,24,26)/t14-/m1/s1. The van der Waals surface area contributed by atoms with E-state index in [1.807, 2.05) is 12.1 Å². The number of hydrogen-bond acceptors (Lipinski definition) is 5. The molecule has 6 nitrogen and oxygen atoms in total. The molecule has 1 amide bonds. The number of pyridine rings is 1. The number of nitrogens with one attached hydrogen (secondary N) is 1. The van der Waals surface area contributed by atoms with Gasteiger partial charge in [-0.25, -0.2) is 0 Å². The van der Waals surface area contributed by atoms with Gasteiger partial charge in [0.05, 0.1) is 0 Å². The third-order valence-electron chi connectivity index (χ3n) is 3.67. The van der Waals surface area contributed by atoms with Gasteiger partial charge >= 0.3 is 6.18 Å². The van der Waals surface area contributed by atoms with Crippen molar-refractivity contribution in [2.24, 2.45) is 5.92 Å². The van der Waals surface area contributed by atoms with E-state index >= 15 is 0 Å². The quantitative estimate of drug-likeness (QED) is 0.642. The second-order valence-electron chi connectivity index (χ2n) is 6.02. The largest absolute Gasteiger partial charge is 0.480 e. The maximum Gasteiger partial charge on any atom is 0.422 e. The Morgan fingerprint density at radius 2 is 1.79 bits per heavy atom. The van der Waals surface area contributed by atoms with Crippen LogP contribution in [0.2, 0.25) is 0 Å². The molecule has 0 aliphatic rings. The van der Waals surface area contributed by atoms with Gasteiger partial charge in [-0.1, -0.05) is 18.2 Å². The minimum Gasteiger partial charge on any atom is -0.480 e. The number of rotatable bonds is 10. The summed E-state index contributed by atoms with van der Waals surface area (Å²) in [5.41, 5.74) is 0.794. The Labute approximate surface area is 160 Å². The maximum absolute atomic E-state index is 12.3. The summed E-state index contributed by atoms with van der Waals surface area (Å²) < 4.78 is 46.9. The lowest BCUT2D eigenvalue weighted by Gasteiger charge is -2.16. The van der Waals surface area contributed by atoms with Crippen LogP contribution in [0.1, 0.15) is 5.69 Å². The van der Waals surface area contributed by atoms with Crippen molar-refractivity contribution in [3.8, 4) is 11.5 Å². The summed E-state index contributed by atoms with van der Waals surface area (Å²) in [5, 5.41) is 12.1. The predicted molar refractivity (Wildman–Crippen MR) is 95.0 cm³/mol. The second-order valence-corrected chi connectivity index (χ2v) is 6.02. The van der Waals surface area contributed by atoms with E-state index in [0.717, 1.165) is 5.69 Å². The number of carbonyl (C=O) groups excluding carboxylic acids is 1. The zero-order chi connectivity index (χ0) is 20.4. The average molecular weight is 398 g/mol. The Hall–Kier alpha value is -2.81. The molecule has 1 heterocycles. The van der Waals surface area contributed by atoms with Gasteiger partial charge in [0.2, 0.25) is 0 Å². The molecule has 2 N–H and O–H groups in total. The number of benzene rings is 1. The fraction of sp³-hybridized carbons (Fsp3) is 0.368. The highest BCUT2D eigenvalue weighted by atomic mass is 19.4. The molecule has 1 aromatic heterocycles. The number of nitrogens with zero attached hydrogens (tertiary/aromatic N) is 1. The molecule has 2 aromatic rings. The van der Waals surface area contributed by atoms with Gasteiger partial charge in [0.25, 0.3) is 5.91 Å². The summed E-state index contributed by atoms with van der Waals surface area (Å²) in [6, 6.07) is 11.2. The highest BCUT2D eigenvalue weighted by Crippen LogP contribution is 2.28. The van der Waals surface area contributed by atoms with Crippen LogP contribution >= 0.6 is 0 Å². The number of aromatic nitrogens is 1. The van der Waals surface area contributed by atoms with Gasteiger partial charge in [-0.3, -0.25) is 9.78 Å². The molecule has 0 aliphatic carbocycles. The first kappa shape index (κ1) is 21.5. The Balaban J connectivity index is 1.80. The Morgan fingerprint density at radius 1 is 1.11 bits per heavy atom. The topological polar surface area (TPSA) is 80.7 Å². The number of para-hydroxylation sites is 2. The lowest BCUT2D eigenvalue weighted by molar-refractivity contribution is -0.153. The Kier molecular flexibility index (Phi) is 8.06. The third kappa shape index (κ3) is 7.83. The van der Waals surface area contributed by atoms with E-state index in [2.05, 4.69) is 10.3 Å². The summed E-state index contributed by atoms with van der Waals surface area (Å²) in [5.74, 6) is -0.753. The zero-order valence-electron chi connectivity index (χ0n) is 15.0. The predicted octanol–water partition coefficient (Wildman–Crippen LogP) is 2.37. The fourth-order valence-electron chi connectivity index (χ4n) is 2.32. The molecule has 2 rings (SSSR count). The molecule has 1 atom stereocenters. The van der Waals surface area contributed by atoms with Gasteiger partial charge in [0.1, 0.15) is 0 Å². The highest BCUT2D eigenvalue weighted by molar-refractivity contribution is 5.77. The molecule has 0 spiro atoms. The molecule has 0 bridgehead atoms. The molecule has 1 aromatic carbocycles. The number of aliphatic hydroxyl groups is 1. The van der Waals surface area contributed by atoms with E-state index in [9.17, 15) is 23.1 Å². The zero-order valence-corrected chi connectivity index (χ0v) is 15.0. The van der Waals surface area contributed by atoms with E-state index < -0.39 is 25.3 Å². The third-order valence-corrected chi connectivity index (χ3v) is 3.67. The first-order valence-corrected chi connectivity index (χ1v) is 8.56. The van der Waals surface area contributed by atoms with Crippen LogP contribution in [0.3, 0.4) is 0 Å². The van der Waals surface area contributed by atoms with Crippen LogP contribution in [0.5, 0.6) is 11.5 Å². The minimum atomic E-state index is -4.47. The van der Waals surface area contributed by atoms with Crippen LogP contribution in [0.15, 0.2) is 48.7 Å². The highest BCUT2D eigenvalue weighted by Gasteiger charge is 2.29. The van der Waals surface area contributed by atoms with E-state index in [1.54, 1.807) is 18.3 Å². The molecule has 0 aliphatic heterocycles. The van der Waals surface area contributed by atoms with Crippen molar-refractivity contribution < 1.29 is 32.5 Å². The van der Waals surface area contributed by atoms with Crippen LogP contribution in [-0.2, 0) is 11.2 Å². The number of aliphatic hydroxyl groups excluding tert-OH is 1. The fourth-order valence-corrected chi connectivity index (χ4v) is 2.32. The van der Waals surface area contributed by atoms with Gasteiger partial charge in [-0.2, -0.15) is 13.2 Å². The van der Waals surface area contributed by atoms with Crippen LogP contribution in [0, 0.1) is 5.92 Å². The first-order valence-electron chi connectivity index (χ1n) is 8.56. The van der Waals surface area contributed by atoms with E-state index in [4.69, 9.17) is 9.47 Å². The molecule has 9 heteroatoms. The first-order chi connectivity index (χ1) is 13.4. The lowest BCUT2D eigenvalue weighted by atomic mass is 10.0. The van der Waals surface area contributed by atoms with Gasteiger partial charge in [-0.15, -0.1) is 0 Å². The van der Waals surface area contributed by atoms with Crippen molar-refractivity contribution in [3.63, 3.8) is 0 Å². The number of hydrogen-bond donors (Lipinski definition) is 2. The SMILES string of the molecule is O=C(COc1ccccc1OCC(F)(F)F)NC[C@H](CO)Cc1ccccn1. The smallest absolute Gasteiger partial charge is 0.422 e. The van der Waals surface area contributed by atoms with Crippen molar-refractivity contribution in [3.05, 3.63) is 54.4 Å². The van der Waals surface area contributed by atoms with Crippen molar-refractivity contribution in [2.45, 2.75) is 12.6 Å². The van der Waals surface area contributed by atoms with Gasteiger partial charge in [0, 0.05) is 31.0 Å². The number of carbonyl (C=O) groups is 1. The lowest BCUT2D eigenvalue weighted by Crippen LogP contribution is -2.35. The van der Waals surface area contributed by atoms with Crippen LogP contribution in [0.4, 0.5) is 13.2 Å². The van der Waals surface area contributed by atoms with E-state index in [0.29, 0.717) is 6.42 Å². The second kappa shape index (κ2) is 10.5. The summed E-state index contributed by atoms with van der Waals surface area (Å²) >= 11 is 0. The maximum atomic E-state index is 12.3. The number of alkyl halides is 3. The molecular formula is C19H21F3N2O4. The van der Waals surface area contributed by atoms with Gasteiger partial charge in [0.15, 0.2) is 24.7 Å². The molecule has 152 valence electrons. The number of halogens is 3. The van der Waals surface area contributed by atoms with E-state index in [1.165, 1.54) is 18.2 Å². The van der Waals surface area contributed by atoms with Gasteiger partial charge < -0.3 is 19.9 Å². The summed E-state index contributed by atoms with van der Waals surface area (Å²) in [4.78, 5) is 16.1. The van der Waals surface area contributed by atoms with Crippen molar-refractivity contribution in [1.29, 1.82) is 0 Å². The Morgan fingerprint density at radius 3 is 2.39 bits per heavy atom. The monoisotopic (exact) mass is 398 g/mol. The van der Waals surface area contributed by atoms with Crippen LogP contribution in [0.25, 0.3) is 0 Å². The van der Waals surface area contributed by atoms with E-state index in [-0.39, 0.29) is 30.6 Å². The molecule has 0 saturated carbocycles. The van der Waals surface area contributed by atoms with Crippen molar-refractivity contribution in [1.82, 2.24) is 10.3 Å². The average Bonchev–Trinajstić information content (AvgIpc) is 2.68. The number of ether oxygens (including phenoxy) is 2. The molecule has 0 unspecified atom stereocenters. The summed E-state index contributed by atoms with van der Waals surface area (Å²) in [7, 11) is 0. The van der Waals surface area contributed by atoms with Crippen molar-refractivity contribution >= 4 is 5.91 Å². The van der Waals surface area contributed by atoms with Gasteiger partial charge in [-0.05, 0) is 30.7 Å². The molecule has 0 radical (unpaired) electrons. The summed E-state index contributed by atoms with van der Waals surface area (Å²) in [6.07, 6.45) is -2.33. The molecule has 28 heavy (non-hydrogen) atoms. The molecular weight excluding hydrogens is 377 g/mol. The molecule has 0 fully saturated rings. The number of amides is 1. The molecule has 0 saturated heterocycles. The van der Waals surface area contributed by atoms with Crippen LogP contribution in [-0.4, -0.2) is 48.5 Å². The normalized spacial score (nSPS) is 12.3. The minimum absolute atomic E-state index is 0.0362. The summed E-state index contributed by atoms with van der Waals surface area (Å²) in [6.45, 7) is -1.77. The van der Waals surface area contributed by atoms with Crippen LogP contribution < -0.4 is 14.8 Å².